The number of aromatic nitrogens is 1. The lowest BCUT2D eigenvalue weighted by atomic mass is 10.1. The molecule has 0 amide bonds. The summed E-state index contributed by atoms with van der Waals surface area (Å²) in [6.07, 6.45) is 4.39. The van der Waals surface area contributed by atoms with E-state index < -0.39 is 5.92 Å². The van der Waals surface area contributed by atoms with Gasteiger partial charge in [-0.2, -0.15) is 15.8 Å². The van der Waals surface area contributed by atoms with Gasteiger partial charge >= 0.3 is 0 Å². The van der Waals surface area contributed by atoms with E-state index in [0.717, 1.165) is 15.6 Å². The maximum Gasteiger partial charge on any atom is 0.238 e. The van der Waals surface area contributed by atoms with Crippen molar-refractivity contribution in [3.63, 3.8) is 0 Å². The van der Waals surface area contributed by atoms with Crippen LogP contribution in [0.5, 0.6) is 0 Å². The van der Waals surface area contributed by atoms with Crippen molar-refractivity contribution in [3.8, 4) is 18.2 Å². The standard InChI is InChI=1S/C19H10Cl2N4O.C4H12N/c20-15-3-4-17-16(7-15)25-19(26-17)14(10-24)6-13-2-1-12(18(13)21)5-11(8-22)9-23;1-5(2,3)4/h3-7,11H,1-2H2;1-4H3/q;+1/b12-5+,14-6-;. The molecule has 0 fully saturated rings. The average Bonchev–Trinajstić information content (AvgIpc) is 3.26. The Morgan fingerprint density at radius 2 is 1.77 bits per heavy atom. The number of allylic oxidation sites excluding steroid dienone is 6. The molecule has 0 spiro atoms. The van der Waals surface area contributed by atoms with E-state index in [-0.39, 0.29) is 11.5 Å². The Balaban J connectivity index is 0.000000614. The van der Waals surface area contributed by atoms with Gasteiger partial charge < -0.3 is 8.90 Å². The molecule has 0 aliphatic heterocycles. The second-order valence-corrected chi connectivity index (χ2v) is 9.07. The molecule has 0 bridgehead atoms. The van der Waals surface area contributed by atoms with E-state index in [1.165, 1.54) is 0 Å². The van der Waals surface area contributed by atoms with Gasteiger partial charge in [-0.3, -0.25) is 0 Å². The van der Waals surface area contributed by atoms with E-state index in [2.05, 4.69) is 39.2 Å². The molecule has 1 aromatic carbocycles. The lowest BCUT2D eigenvalue weighted by Gasteiger charge is -2.14. The molecule has 0 atom stereocenters. The van der Waals surface area contributed by atoms with Crippen molar-refractivity contribution < 1.29 is 8.90 Å². The number of hydrogen-bond donors (Lipinski definition) is 0. The number of rotatable bonds is 3. The summed E-state index contributed by atoms with van der Waals surface area (Å²) in [5.41, 5.74) is 2.80. The van der Waals surface area contributed by atoms with Crippen LogP contribution in [0.2, 0.25) is 5.02 Å². The summed E-state index contributed by atoms with van der Waals surface area (Å²) in [6, 6.07) is 10.9. The first kappa shape index (κ1) is 24.2. The van der Waals surface area contributed by atoms with E-state index >= 15 is 0 Å². The summed E-state index contributed by atoms with van der Waals surface area (Å²) in [6.45, 7) is 0. The van der Waals surface area contributed by atoms with Gasteiger partial charge in [-0.25, -0.2) is 4.98 Å². The summed E-state index contributed by atoms with van der Waals surface area (Å²) in [4.78, 5) is 4.30. The number of quaternary nitrogens is 1. The first-order valence-corrected chi connectivity index (χ1v) is 10.2. The zero-order valence-electron chi connectivity index (χ0n) is 17.8. The topological polar surface area (TPSA) is 97.4 Å². The molecule has 0 saturated carbocycles. The van der Waals surface area contributed by atoms with Crippen LogP contribution in [0.15, 0.2) is 50.9 Å². The Kier molecular flexibility index (Phi) is 8.03. The Morgan fingerprint density at radius 3 is 2.35 bits per heavy atom. The zero-order valence-corrected chi connectivity index (χ0v) is 19.3. The third-order valence-electron chi connectivity index (χ3n) is 3.89. The lowest BCUT2D eigenvalue weighted by molar-refractivity contribution is -0.849. The Bertz CT molecular complexity index is 1170. The van der Waals surface area contributed by atoms with E-state index in [1.54, 1.807) is 30.4 Å². The fourth-order valence-corrected chi connectivity index (χ4v) is 3.10. The van der Waals surface area contributed by atoms with Gasteiger partial charge in [0.25, 0.3) is 0 Å². The van der Waals surface area contributed by atoms with Crippen LogP contribution in [0.3, 0.4) is 0 Å². The summed E-state index contributed by atoms with van der Waals surface area (Å²) in [5, 5.41) is 28.3. The van der Waals surface area contributed by atoms with Gasteiger partial charge in [0.15, 0.2) is 11.5 Å². The number of hydrogen-bond acceptors (Lipinski definition) is 5. The van der Waals surface area contributed by atoms with Gasteiger partial charge in [-0.15, -0.1) is 0 Å². The molecule has 8 heteroatoms. The van der Waals surface area contributed by atoms with Crippen LogP contribution in [0.4, 0.5) is 0 Å². The monoisotopic (exact) mass is 454 g/mol. The number of benzene rings is 1. The first-order chi connectivity index (χ1) is 14.5. The van der Waals surface area contributed by atoms with Crippen LogP contribution in [-0.2, 0) is 0 Å². The molecular formula is C23H22Cl2N5O+. The predicted molar refractivity (Wildman–Crippen MR) is 121 cm³/mol. The fourth-order valence-electron chi connectivity index (χ4n) is 2.62. The molecule has 1 aliphatic rings. The van der Waals surface area contributed by atoms with E-state index in [0.29, 0.717) is 34.0 Å². The maximum atomic E-state index is 9.48. The smallest absolute Gasteiger partial charge is 0.238 e. The van der Waals surface area contributed by atoms with Crippen molar-refractivity contribution in [2.45, 2.75) is 12.8 Å². The summed E-state index contributed by atoms with van der Waals surface area (Å²) < 4.78 is 6.62. The molecule has 0 radical (unpaired) electrons. The molecule has 1 heterocycles. The maximum absolute atomic E-state index is 9.48. The van der Waals surface area contributed by atoms with Crippen LogP contribution in [0.25, 0.3) is 16.7 Å². The number of nitriles is 3. The Hall–Kier alpha value is -3.08. The highest BCUT2D eigenvalue weighted by molar-refractivity contribution is 6.33. The minimum atomic E-state index is -0.848. The molecular weight excluding hydrogens is 433 g/mol. The van der Waals surface area contributed by atoms with Crippen LogP contribution < -0.4 is 0 Å². The highest BCUT2D eigenvalue weighted by Gasteiger charge is 2.20. The van der Waals surface area contributed by atoms with Gasteiger partial charge in [-0.1, -0.05) is 23.2 Å². The SMILES string of the molecule is C[N+](C)(C)C.N#C/C(=C/C1=C(Cl)C(=C/C(C#N)C#N)/CC1)c1nc2cc(Cl)ccc2o1. The van der Waals surface area contributed by atoms with Gasteiger partial charge in [-0.05, 0) is 54.3 Å². The van der Waals surface area contributed by atoms with E-state index in [9.17, 15) is 5.26 Å². The summed E-state index contributed by atoms with van der Waals surface area (Å²) >= 11 is 12.3. The number of oxazole rings is 1. The number of fused-ring (bicyclic) bond motifs is 1. The second-order valence-electron chi connectivity index (χ2n) is 8.25. The molecule has 1 aliphatic carbocycles. The minimum absolute atomic E-state index is 0.186. The highest BCUT2D eigenvalue weighted by atomic mass is 35.5. The average molecular weight is 455 g/mol. The molecule has 2 aromatic rings. The van der Waals surface area contributed by atoms with Gasteiger partial charge in [0.1, 0.15) is 17.2 Å². The van der Waals surface area contributed by atoms with E-state index in [1.807, 2.05) is 12.1 Å². The minimum Gasteiger partial charge on any atom is -0.435 e. The van der Waals surface area contributed by atoms with Crippen molar-refractivity contribution in [2.75, 3.05) is 28.2 Å². The fraction of sp³-hybridized carbons (Fsp3) is 0.304. The largest absolute Gasteiger partial charge is 0.435 e. The molecule has 0 N–H and O–H groups in total. The third-order valence-corrected chi connectivity index (χ3v) is 4.61. The molecule has 0 saturated heterocycles. The molecule has 0 unspecified atom stereocenters. The van der Waals surface area contributed by atoms with Crippen LogP contribution in [0, 0.1) is 39.9 Å². The zero-order chi connectivity index (χ0) is 23.2. The summed E-state index contributed by atoms with van der Waals surface area (Å²) in [7, 11) is 8.50. The van der Waals surface area contributed by atoms with Crippen LogP contribution >= 0.6 is 23.2 Å². The normalized spacial score (nSPS) is 15.5. The first-order valence-electron chi connectivity index (χ1n) is 9.41. The molecule has 3 rings (SSSR count). The molecule has 31 heavy (non-hydrogen) atoms. The quantitative estimate of drug-likeness (QED) is 0.444. The van der Waals surface area contributed by atoms with E-state index in [4.69, 9.17) is 38.1 Å². The van der Waals surface area contributed by atoms with Crippen LogP contribution in [-0.4, -0.2) is 37.7 Å². The summed E-state index contributed by atoms with van der Waals surface area (Å²) in [5.74, 6) is -0.662. The predicted octanol–water partition coefficient (Wildman–Crippen LogP) is 5.59. The van der Waals surface area contributed by atoms with Crippen molar-refractivity contribution in [1.29, 1.82) is 15.8 Å². The van der Waals surface area contributed by atoms with Crippen molar-refractivity contribution >= 4 is 39.9 Å². The number of nitrogens with zero attached hydrogens (tertiary/aromatic N) is 5. The van der Waals surface area contributed by atoms with Gasteiger partial charge in [0, 0.05) is 10.1 Å². The van der Waals surface area contributed by atoms with Gasteiger partial charge in [0.05, 0.1) is 40.3 Å². The Morgan fingerprint density at radius 1 is 1.13 bits per heavy atom. The second kappa shape index (κ2) is 10.3. The third kappa shape index (κ3) is 6.99. The lowest BCUT2D eigenvalue weighted by Crippen LogP contribution is -2.27. The van der Waals surface area contributed by atoms with Crippen molar-refractivity contribution in [1.82, 2.24) is 4.98 Å². The molecule has 158 valence electrons. The van der Waals surface area contributed by atoms with Crippen molar-refractivity contribution in [3.05, 3.63) is 57.4 Å². The van der Waals surface area contributed by atoms with Gasteiger partial charge in [0.2, 0.25) is 5.89 Å². The Labute approximate surface area is 192 Å². The van der Waals surface area contributed by atoms with Crippen LogP contribution in [0.1, 0.15) is 18.7 Å². The van der Waals surface area contributed by atoms with Crippen molar-refractivity contribution in [2.24, 2.45) is 5.92 Å². The molecule has 6 nitrogen and oxygen atoms in total. The highest BCUT2D eigenvalue weighted by Crippen LogP contribution is 2.37. The molecule has 1 aromatic heterocycles. The number of halogens is 2.